The lowest BCUT2D eigenvalue weighted by Crippen LogP contribution is -2.16. The Morgan fingerprint density at radius 3 is 2.50 bits per heavy atom. The quantitative estimate of drug-likeness (QED) is 0.687. The molecule has 0 unspecified atom stereocenters. The predicted molar refractivity (Wildman–Crippen MR) is 83.3 cm³/mol. The summed E-state index contributed by atoms with van der Waals surface area (Å²) in [6.45, 7) is 0. The summed E-state index contributed by atoms with van der Waals surface area (Å²) in [5, 5.41) is 0. The zero-order chi connectivity index (χ0) is 18.9. The highest BCUT2D eigenvalue weighted by atomic mass is 19.4. The van der Waals surface area contributed by atoms with Crippen LogP contribution in [0, 0.1) is 0 Å². The number of nitrogens with zero attached hydrogens (tertiary/aromatic N) is 1. The van der Waals surface area contributed by atoms with E-state index >= 15 is 0 Å². The molecule has 1 heterocycles. The number of benzene rings is 1. The second kappa shape index (κ2) is 6.54. The van der Waals surface area contributed by atoms with Crippen molar-refractivity contribution in [2.45, 2.75) is 25.4 Å². The Bertz CT molecular complexity index is 902. The van der Waals surface area contributed by atoms with E-state index in [0.29, 0.717) is 6.42 Å². The summed E-state index contributed by atoms with van der Waals surface area (Å²) in [5.74, 6) is -0.512. The lowest BCUT2D eigenvalue weighted by Gasteiger charge is -2.14. The zero-order valence-electron chi connectivity index (χ0n) is 13.1. The number of alkyl halides is 6. The number of aromatic nitrogens is 2. The monoisotopic (exact) mass is 374 g/mol. The lowest BCUT2D eigenvalue weighted by molar-refractivity contribution is -0.274. The Labute approximate surface area is 143 Å². The summed E-state index contributed by atoms with van der Waals surface area (Å²) in [4.78, 5) is 6.77. The SMILES string of the molecule is FC(F)(F)Oc1ccc2nc(C3=C(C(F)(F)F)/C=C\C=CCC3)[nH]c2c1. The van der Waals surface area contributed by atoms with Crippen LogP contribution in [0.4, 0.5) is 26.3 Å². The Hall–Kier alpha value is -2.71. The van der Waals surface area contributed by atoms with Gasteiger partial charge in [0.05, 0.1) is 16.6 Å². The molecule has 0 saturated heterocycles. The van der Waals surface area contributed by atoms with Gasteiger partial charge in [0.1, 0.15) is 11.6 Å². The minimum absolute atomic E-state index is 0.0311. The van der Waals surface area contributed by atoms with Crippen LogP contribution >= 0.6 is 0 Å². The molecule has 3 rings (SSSR count). The van der Waals surface area contributed by atoms with Crippen LogP contribution in [0.3, 0.4) is 0 Å². The zero-order valence-corrected chi connectivity index (χ0v) is 13.1. The second-order valence-corrected chi connectivity index (χ2v) is 5.53. The van der Waals surface area contributed by atoms with Gasteiger partial charge in [-0.2, -0.15) is 13.2 Å². The molecule has 0 saturated carbocycles. The first-order valence-electron chi connectivity index (χ1n) is 7.53. The number of hydrogen-bond acceptors (Lipinski definition) is 2. The van der Waals surface area contributed by atoms with Gasteiger partial charge >= 0.3 is 12.5 Å². The average molecular weight is 374 g/mol. The Kier molecular flexibility index (Phi) is 4.55. The first-order chi connectivity index (χ1) is 12.1. The molecule has 0 fully saturated rings. The summed E-state index contributed by atoms with van der Waals surface area (Å²) < 4.78 is 80.9. The third-order valence-electron chi connectivity index (χ3n) is 3.67. The van der Waals surface area contributed by atoms with Gasteiger partial charge in [-0.15, -0.1) is 13.2 Å². The largest absolute Gasteiger partial charge is 0.573 e. The molecule has 0 aliphatic heterocycles. The fraction of sp³-hybridized carbons (Fsp3) is 0.235. The van der Waals surface area contributed by atoms with Gasteiger partial charge in [-0.05, 0) is 31.1 Å². The van der Waals surface area contributed by atoms with E-state index < -0.39 is 23.9 Å². The van der Waals surface area contributed by atoms with Gasteiger partial charge in [-0.25, -0.2) is 4.98 Å². The molecular formula is C17H12F6N2O. The van der Waals surface area contributed by atoms with E-state index in [1.807, 2.05) is 0 Å². The van der Waals surface area contributed by atoms with Gasteiger partial charge < -0.3 is 9.72 Å². The highest BCUT2D eigenvalue weighted by Crippen LogP contribution is 2.36. The van der Waals surface area contributed by atoms with Gasteiger partial charge in [0.25, 0.3) is 0 Å². The third kappa shape index (κ3) is 4.09. The van der Waals surface area contributed by atoms with Crippen LogP contribution in [0.5, 0.6) is 5.75 Å². The van der Waals surface area contributed by atoms with Gasteiger partial charge in [0, 0.05) is 11.6 Å². The van der Waals surface area contributed by atoms with E-state index in [1.54, 1.807) is 6.08 Å². The van der Waals surface area contributed by atoms with Crippen molar-refractivity contribution in [2.24, 2.45) is 0 Å². The summed E-state index contributed by atoms with van der Waals surface area (Å²) >= 11 is 0. The van der Waals surface area contributed by atoms with Crippen LogP contribution in [0.25, 0.3) is 16.6 Å². The fourth-order valence-corrected chi connectivity index (χ4v) is 2.63. The van der Waals surface area contributed by atoms with Crippen molar-refractivity contribution < 1.29 is 31.1 Å². The van der Waals surface area contributed by atoms with Crippen LogP contribution in [0.15, 0.2) is 48.1 Å². The molecule has 3 nitrogen and oxygen atoms in total. The number of hydrogen-bond donors (Lipinski definition) is 1. The molecule has 0 bridgehead atoms. The Morgan fingerprint density at radius 2 is 1.81 bits per heavy atom. The number of halogens is 6. The van der Waals surface area contributed by atoms with E-state index in [2.05, 4.69) is 14.7 Å². The molecule has 1 aromatic carbocycles. The van der Waals surface area contributed by atoms with Crippen LogP contribution in [0.2, 0.25) is 0 Å². The molecule has 0 atom stereocenters. The van der Waals surface area contributed by atoms with E-state index in [-0.39, 0.29) is 28.9 Å². The number of allylic oxidation sites excluding steroid dienone is 6. The Morgan fingerprint density at radius 1 is 1.04 bits per heavy atom. The predicted octanol–water partition coefficient (Wildman–Crippen LogP) is 5.68. The minimum atomic E-state index is -4.86. The molecule has 138 valence electrons. The topological polar surface area (TPSA) is 37.9 Å². The number of aromatic amines is 1. The number of ether oxygens (including phenoxy) is 1. The molecule has 0 amide bonds. The van der Waals surface area contributed by atoms with E-state index in [1.165, 1.54) is 18.2 Å². The van der Waals surface area contributed by atoms with E-state index in [0.717, 1.165) is 18.2 Å². The summed E-state index contributed by atoms with van der Waals surface area (Å²) in [6, 6.07) is 3.36. The first kappa shape index (κ1) is 18.1. The van der Waals surface area contributed by atoms with Gasteiger partial charge in [0.2, 0.25) is 0 Å². The van der Waals surface area contributed by atoms with E-state index in [4.69, 9.17) is 0 Å². The maximum absolute atomic E-state index is 13.4. The van der Waals surface area contributed by atoms with E-state index in [9.17, 15) is 26.3 Å². The third-order valence-corrected chi connectivity index (χ3v) is 3.67. The molecule has 0 spiro atoms. The number of H-pyrrole nitrogens is 1. The van der Waals surface area contributed by atoms with Crippen molar-refractivity contribution in [3.05, 3.63) is 53.9 Å². The van der Waals surface area contributed by atoms with Crippen molar-refractivity contribution in [1.82, 2.24) is 9.97 Å². The van der Waals surface area contributed by atoms with Crippen molar-refractivity contribution in [3.8, 4) is 5.75 Å². The lowest BCUT2D eigenvalue weighted by atomic mass is 9.99. The molecular weight excluding hydrogens is 362 g/mol. The standard InChI is InChI=1S/C17H12F6N2O/c18-16(19,20)12-6-4-2-1-3-5-11(12)15-24-13-8-7-10(9-14(13)25-15)26-17(21,22)23/h1-2,4,6-9H,3,5H2,(H,24,25)/b2-1?,6-4-,12-11?. The number of fused-ring (bicyclic) bond motifs is 1. The van der Waals surface area contributed by atoms with Crippen molar-refractivity contribution in [1.29, 1.82) is 0 Å². The summed E-state index contributed by atoms with van der Waals surface area (Å²) in [5.41, 5.74) is -0.497. The number of rotatable bonds is 2. The van der Waals surface area contributed by atoms with Crippen LogP contribution in [-0.2, 0) is 0 Å². The van der Waals surface area contributed by atoms with Crippen molar-refractivity contribution in [3.63, 3.8) is 0 Å². The minimum Gasteiger partial charge on any atom is -0.406 e. The summed E-state index contributed by atoms with van der Waals surface area (Å²) in [7, 11) is 0. The normalized spacial score (nSPS) is 17.3. The Balaban J connectivity index is 2.07. The molecule has 26 heavy (non-hydrogen) atoms. The second-order valence-electron chi connectivity index (χ2n) is 5.53. The fourth-order valence-electron chi connectivity index (χ4n) is 2.63. The molecule has 1 N–H and O–H groups in total. The first-order valence-corrected chi connectivity index (χ1v) is 7.53. The number of nitrogens with one attached hydrogen (secondary N) is 1. The smallest absolute Gasteiger partial charge is 0.406 e. The highest BCUT2D eigenvalue weighted by molar-refractivity contribution is 5.81. The van der Waals surface area contributed by atoms with Gasteiger partial charge in [0.15, 0.2) is 0 Å². The molecule has 0 radical (unpaired) electrons. The maximum Gasteiger partial charge on any atom is 0.573 e. The number of imidazole rings is 1. The van der Waals surface area contributed by atoms with Crippen molar-refractivity contribution >= 4 is 16.6 Å². The van der Waals surface area contributed by atoms with Crippen LogP contribution < -0.4 is 4.74 Å². The van der Waals surface area contributed by atoms with Crippen molar-refractivity contribution in [2.75, 3.05) is 0 Å². The molecule has 9 heteroatoms. The molecule has 2 aromatic rings. The average Bonchev–Trinajstić information content (AvgIpc) is 2.86. The van der Waals surface area contributed by atoms with Gasteiger partial charge in [-0.1, -0.05) is 18.2 Å². The van der Waals surface area contributed by atoms with Crippen LogP contribution in [0.1, 0.15) is 18.7 Å². The highest BCUT2D eigenvalue weighted by Gasteiger charge is 2.35. The molecule has 1 aliphatic carbocycles. The van der Waals surface area contributed by atoms with Crippen LogP contribution in [-0.4, -0.2) is 22.5 Å². The summed E-state index contributed by atoms with van der Waals surface area (Å²) in [6.07, 6.45) is -3.49. The molecule has 1 aliphatic rings. The maximum atomic E-state index is 13.4. The molecule has 1 aromatic heterocycles. The van der Waals surface area contributed by atoms with Gasteiger partial charge in [-0.3, -0.25) is 0 Å².